The van der Waals surface area contributed by atoms with E-state index in [2.05, 4.69) is 35.5 Å². The van der Waals surface area contributed by atoms with Gasteiger partial charge in [-0.3, -0.25) is 0 Å². The van der Waals surface area contributed by atoms with Crippen molar-refractivity contribution in [1.29, 1.82) is 0 Å². The van der Waals surface area contributed by atoms with E-state index in [1.807, 2.05) is 25.1 Å². The van der Waals surface area contributed by atoms with Crippen molar-refractivity contribution < 1.29 is 9.15 Å². The van der Waals surface area contributed by atoms with E-state index in [9.17, 15) is 0 Å². The molecule has 0 unspecified atom stereocenters. The summed E-state index contributed by atoms with van der Waals surface area (Å²) in [5.41, 5.74) is 2.08. The van der Waals surface area contributed by atoms with E-state index in [0.717, 1.165) is 61.0 Å². The molecule has 0 amide bonds. The normalized spacial score (nSPS) is 11.4. The highest BCUT2D eigenvalue weighted by atomic mass is 127. The van der Waals surface area contributed by atoms with Crippen LogP contribution in [0, 0.1) is 6.92 Å². The number of hydrogen-bond donors (Lipinski definition) is 2. The predicted octanol–water partition coefficient (Wildman–Crippen LogP) is 3.84. The Bertz CT molecular complexity index is 640. The van der Waals surface area contributed by atoms with Gasteiger partial charge in [0.2, 0.25) is 0 Å². The molecule has 1 aromatic heterocycles. The molecule has 0 saturated heterocycles. The molecular formula is C18H28IN3O2. The lowest BCUT2D eigenvalue weighted by Gasteiger charge is -2.11. The zero-order chi connectivity index (χ0) is 16.5. The molecule has 1 heterocycles. The number of nitrogens with one attached hydrogen (secondary N) is 2. The number of aryl methyl sites for hydroxylation is 1. The van der Waals surface area contributed by atoms with Gasteiger partial charge in [-0.05, 0) is 33.3 Å². The summed E-state index contributed by atoms with van der Waals surface area (Å²) in [6, 6.07) is 8.09. The van der Waals surface area contributed by atoms with Crippen LogP contribution in [0.3, 0.4) is 0 Å². The fraction of sp³-hybridized carbons (Fsp3) is 0.500. The van der Waals surface area contributed by atoms with Gasteiger partial charge in [0, 0.05) is 37.3 Å². The van der Waals surface area contributed by atoms with Gasteiger partial charge < -0.3 is 19.8 Å². The van der Waals surface area contributed by atoms with E-state index in [-0.39, 0.29) is 24.0 Å². The van der Waals surface area contributed by atoms with Gasteiger partial charge >= 0.3 is 0 Å². The number of nitrogens with zero attached hydrogens (tertiary/aromatic N) is 1. The zero-order valence-corrected chi connectivity index (χ0v) is 17.1. The van der Waals surface area contributed by atoms with E-state index in [0.29, 0.717) is 6.54 Å². The molecule has 0 aliphatic heterocycles. The number of guanidine groups is 1. The first kappa shape index (κ1) is 20.8. The van der Waals surface area contributed by atoms with E-state index < -0.39 is 0 Å². The molecule has 1 aromatic carbocycles. The Labute approximate surface area is 161 Å². The van der Waals surface area contributed by atoms with Crippen LogP contribution in [0.25, 0.3) is 11.0 Å². The first-order chi connectivity index (χ1) is 11.3. The molecule has 2 aromatic rings. The quantitative estimate of drug-likeness (QED) is 0.281. The van der Waals surface area contributed by atoms with Gasteiger partial charge in [0.1, 0.15) is 17.9 Å². The Morgan fingerprint density at radius 2 is 2.00 bits per heavy atom. The molecule has 0 spiro atoms. The molecule has 24 heavy (non-hydrogen) atoms. The van der Waals surface area contributed by atoms with Gasteiger partial charge in [0.25, 0.3) is 0 Å². The molecule has 2 N–H and O–H groups in total. The average Bonchev–Trinajstić information content (AvgIpc) is 2.89. The van der Waals surface area contributed by atoms with Gasteiger partial charge in [0.15, 0.2) is 5.96 Å². The van der Waals surface area contributed by atoms with Crippen molar-refractivity contribution in [2.75, 3.05) is 26.3 Å². The minimum Gasteiger partial charge on any atom is -0.459 e. The van der Waals surface area contributed by atoms with Crippen LogP contribution in [-0.4, -0.2) is 32.3 Å². The zero-order valence-electron chi connectivity index (χ0n) is 14.7. The van der Waals surface area contributed by atoms with Crippen LogP contribution >= 0.6 is 24.0 Å². The summed E-state index contributed by atoms with van der Waals surface area (Å²) in [7, 11) is 0. The highest BCUT2D eigenvalue weighted by Gasteiger charge is 2.09. The lowest BCUT2D eigenvalue weighted by molar-refractivity contribution is 0.145. The maximum Gasteiger partial charge on any atom is 0.191 e. The van der Waals surface area contributed by atoms with Crippen LogP contribution in [0.15, 0.2) is 33.7 Å². The summed E-state index contributed by atoms with van der Waals surface area (Å²) < 4.78 is 11.2. The number of halogens is 1. The van der Waals surface area contributed by atoms with Crippen molar-refractivity contribution in [2.24, 2.45) is 4.99 Å². The monoisotopic (exact) mass is 445 g/mol. The molecular weight excluding hydrogens is 417 g/mol. The Balaban J connectivity index is 0.00000288. The van der Waals surface area contributed by atoms with Crippen molar-refractivity contribution >= 4 is 40.9 Å². The number of hydrogen-bond acceptors (Lipinski definition) is 3. The maximum absolute atomic E-state index is 5.90. The Morgan fingerprint density at radius 3 is 2.71 bits per heavy atom. The maximum atomic E-state index is 5.90. The molecule has 134 valence electrons. The van der Waals surface area contributed by atoms with E-state index >= 15 is 0 Å². The Kier molecular flexibility index (Phi) is 9.78. The standard InChI is InChI=1S/C18H27N3O2.HI/c1-4-19-18(20-11-8-12-22-5-2)21-13-17-14(3)15-9-6-7-10-16(15)23-17;/h6-7,9-10H,4-5,8,11-13H2,1-3H3,(H2,19,20,21);1H. The van der Waals surface area contributed by atoms with Crippen LogP contribution in [0.2, 0.25) is 0 Å². The summed E-state index contributed by atoms with van der Waals surface area (Å²) in [6.07, 6.45) is 0.960. The second-order valence-corrected chi connectivity index (χ2v) is 5.32. The van der Waals surface area contributed by atoms with E-state index in [1.165, 1.54) is 0 Å². The minimum atomic E-state index is 0. The number of aliphatic imine (C=N–C) groups is 1. The molecule has 6 heteroatoms. The minimum absolute atomic E-state index is 0. The third-order valence-electron chi connectivity index (χ3n) is 3.63. The first-order valence-corrected chi connectivity index (χ1v) is 8.33. The number of furan rings is 1. The number of rotatable bonds is 8. The lowest BCUT2D eigenvalue weighted by atomic mass is 10.1. The molecule has 0 radical (unpaired) electrons. The van der Waals surface area contributed by atoms with Crippen LogP contribution in [0.1, 0.15) is 31.6 Å². The molecule has 5 nitrogen and oxygen atoms in total. The Morgan fingerprint density at radius 1 is 1.21 bits per heavy atom. The van der Waals surface area contributed by atoms with Crippen molar-refractivity contribution in [3.63, 3.8) is 0 Å². The van der Waals surface area contributed by atoms with Crippen LogP contribution < -0.4 is 10.6 Å². The molecule has 0 aliphatic rings. The lowest BCUT2D eigenvalue weighted by Crippen LogP contribution is -2.38. The van der Waals surface area contributed by atoms with Crippen molar-refractivity contribution in [3.8, 4) is 0 Å². The number of fused-ring (bicyclic) bond motifs is 1. The fourth-order valence-corrected chi connectivity index (χ4v) is 2.39. The summed E-state index contributed by atoms with van der Waals surface area (Å²) >= 11 is 0. The van der Waals surface area contributed by atoms with Gasteiger partial charge in [-0.2, -0.15) is 0 Å². The average molecular weight is 445 g/mol. The molecule has 0 bridgehead atoms. The summed E-state index contributed by atoms with van der Waals surface area (Å²) in [5, 5.41) is 7.73. The molecule has 0 saturated carbocycles. The van der Waals surface area contributed by atoms with Crippen LogP contribution in [0.5, 0.6) is 0 Å². The van der Waals surface area contributed by atoms with Crippen molar-refractivity contribution in [1.82, 2.24) is 10.6 Å². The van der Waals surface area contributed by atoms with Gasteiger partial charge in [-0.1, -0.05) is 18.2 Å². The first-order valence-electron chi connectivity index (χ1n) is 8.33. The van der Waals surface area contributed by atoms with Gasteiger partial charge in [-0.15, -0.1) is 24.0 Å². The fourth-order valence-electron chi connectivity index (χ4n) is 2.39. The van der Waals surface area contributed by atoms with Crippen molar-refractivity contribution in [3.05, 3.63) is 35.6 Å². The summed E-state index contributed by atoms with van der Waals surface area (Å²) in [5.74, 6) is 1.72. The smallest absolute Gasteiger partial charge is 0.191 e. The topological polar surface area (TPSA) is 58.8 Å². The van der Waals surface area contributed by atoms with Gasteiger partial charge in [0.05, 0.1) is 0 Å². The summed E-state index contributed by atoms with van der Waals surface area (Å²) in [4.78, 5) is 4.62. The Hall–Kier alpha value is -1.28. The van der Waals surface area contributed by atoms with Crippen LogP contribution in [0.4, 0.5) is 0 Å². The molecule has 0 aliphatic carbocycles. The van der Waals surface area contributed by atoms with Crippen molar-refractivity contribution in [2.45, 2.75) is 33.7 Å². The number of ether oxygens (including phenoxy) is 1. The third kappa shape index (κ3) is 5.98. The molecule has 0 atom stereocenters. The molecule has 2 rings (SSSR count). The highest BCUT2D eigenvalue weighted by molar-refractivity contribution is 14.0. The van der Waals surface area contributed by atoms with E-state index in [1.54, 1.807) is 0 Å². The highest BCUT2D eigenvalue weighted by Crippen LogP contribution is 2.25. The second-order valence-electron chi connectivity index (χ2n) is 5.32. The van der Waals surface area contributed by atoms with Crippen LogP contribution in [-0.2, 0) is 11.3 Å². The largest absolute Gasteiger partial charge is 0.459 e. The van der Waals surface area contributed by atoms with E-state index in [4.69, 9.17) is 9.15 Å². The number of benzene rings is 1. The third-order valence-corrected chi connectivity index (χ3v) is 3.63. The predicted molar refractivity (Wildman–Crippen MR) is 110 cm³/mol. The number of para-hydroxylation sites is 1. The SMILES string of the molecule is CCNC(=NCc1oc2ccccc2c1C)NCCCOCC.I. The second kappa shape index (κ2) is 11.3. The van der Waals surface area contributed by atoms with Gasteiger partial charge in [-0.25, -0.2) is 4.99 Å². The molecule has 0 fully saturated rings. The summed E-state index contributed by atoms with van der Waals surface area (Å²) in [6.45, 7) is 9.88.